The van der Waals surface area contributed by atoms with E-state index in [4.69, 9.17) is 10.5 Å². The Morgan fingerprint density at radius 2 is 1.84 bits per heavy atom. The third kappa shape index (κ3) is 2.63. The number of fused-ring (bicyclic) bond motifs is 1. The molecule has 4 heteroatoms. The average Bonchev–Trinajstić information content (AvgIpc) is 2.80. The molecule has 0 amide bonds. The molecule has 0 saturated carbocycles. The zero-order valence-electron chi connectivity index (χ0n) is 10.2. The second kappa shape index (κ2) is 4.82. The average molecular weight is 271 g/mol. The quantitative estimate of drug-likeness (QED) is 0.713. The molecule has 96 valence electrons. The molecule has 0 unspecified atom stereocenters. The van der Waals surface area contributed by atoms with Gasteiger partial charge in [0.05, 0.1) is 0 Å². The molecule has 0 atom stereocenters. The highest BCUT2D eigenvalue weighted by molar-refractivity contribution is 7.19. The molecule has 0 aliphatic heterocycles. The highest BCUT2D eigenvalue weighted by atomic mass is 32.1. The van der Waals surface area contributed by atoms with Crippen molar-refractivity contribution in [2.75, 3.05) is 5.73 Å². The number of nitrogens with two attached hydrogens (primary N) is 1. The van der Waals surface area contributed by atoms with Gasteiger partial charge in [0.25, 0.3) is 0 Å². The van der Waals surface area contributed by atoms with Gasteiger partial charge in [-0.1, -0.05) is 6.07 Å². The minimum Gasteiger partial charge on any atom is -0.508 e. The molecule has 3 rings (SSSR count). The molecule has 3 aromatic rings. The first-order valence-corrected chi connectivity index (χ1v) is 6.72. The molecule has 0 spiro atoms. The Hall–Kier alpha value is -2.20. The van der Waals surface area contributed by atoms with E-state index in [0.717, 1.165) is 16.3 Å². The Morgan fingerprint density at radius 1 is 1.05 bits per heavy atom. The summed E-state index contributed by atoms with van der Waals surface area (Å²) in [6, 6.07) is 14.7. The molecule has 2 aromatic carbocycles. The predicted octanol–water partition coefficient (Wildman–Crippen LogP) is 3.77. The third-order valence-electron chi connectivity index (χ3n) is 2.81. The van der Waals surface area contributed by atoms with Gasteiger partial charge in [-0.15, -0.1) is 11.3 Å². The van der Waals surface area contributed by atoms with Gasteiger partial charge in [0.1, 0.15) is 18.1 Å². The summed E-state index contributed by atoms with van der Waals surface area (Å²) >= 11 is 1.68. The number of rotatable bonds is 3. The van der Waals surface area contributed by atoms with Crippen molar-refractivity contribution in [1.82, 2.24) is 0 Å². The molecule has 3 nitrogen and oxygen atoms in total. The van der Waals surface area contributed by atoms with Crippen molar-refractivity contribution in [2.24, 2.45) is 0 Å². The number of anilines is 1. The molecular weight excluding hydrogens is 258 g/mol. The summed E-state index contributed by atoms with van der Waals surface area (Å²) in [6.07, 6.45) is 0. The Kier molecular flexibility index (Phi) is 3.01. The van der Waals surface area contributed by atoms with Crippen molar-refractivity contribution >= 4 is 27.1 Å². The topological polar surface area (TPSA) is 55.5 Å². The van der Waals surface area contributed by atoms with Gasteiger partial charge >= 0.3 is 0 Å². The summed E-state index contributed by atoms with van der Waals surface area (Å²) in [5, 5.41) is 10.4. The summed E-state index contributed by atoms with van der Waals surface area (Å²) in [5.74, 6) is 0.986. The van der Waals surface area contributed by atoms with Gasteiger partial charge < -0.3 is 15.6 Å². The second-order valence-electron chi connectivity index (χ2n) is 4.29. The van der Waals surface area contributed by atoms with Crippen LogP contribution in [0, 0.1) is 0 Å². The van der Waals surface area contributed by atoms with Crippen LogP contribution in [0.1, 0.15) is 4.88 Å². The molecular formula is C15H13NO2S. The van der Waals surface area contributed by atoms with Gasteiger partial charge in [-0.2, -0.15) is 0 Å². The van der Waals surface area contributed by atoms with Crippen LogP contribution in [0.5, 0.6) is 11.5 Å². The van der Waals surface area contributed by atoms with Crippen molar-refractivity contribution in [2.45, 2.75) is 6.61 Å². The Bertz CT molecular complexity index is 704. The van der Waals surface area contributed by atoms with Gasteiger partial charge in [0, 0.05) is 15.3 Å². The van der Waals surface area contributed by atoms with Crippen molar-refractivity contribution < 1.29 is 9.84 Å². The molecule has 3 N–H and O–H groups in total. The van der Waals surface area contributed by atoms with Crippen molar-refractivity contribution in [3.63, 3.8) is 0 Å². The van der Waals surface area contributed by atoms with E-state index in [2.05, 4.69) is 6.07 Å². The van der Waals surface area contributed by atoms with Crippen molar-refractivity contribution in [3.05, 3.63) is 53.4 Å². The lowest BCUT2D eigenvalue weighted by molar-refractivity contribution is 0.309. The number of hydrogen-bond acceptors (Lipinski definition) is 4. The maximum atomic E-state index is 9.20. The van der Waals surface area contributed by atoms with E-state index in [1.807, 2.05) is 18.2 Å². The van der Waals surface area contributed by atoms with Crippen LogP contribution >= 0.6 is 11.3 Å². The third-order valence-corrected chi connectivity index (χ3v) is 3.88. The Balaban J connectivity index is 1.76. The molecule has 1 aromatic heterocycles. The SMILES string of the molecule is Nc1ccc2cc(COc3ccc(O)cc3)sc2c1. The van der Waals surface area contributed by atoms with E-state index in [-0.39, 0.29) is 5.75 Å². The summed E-state index contributed by atoms with van der Waals surface area (Å²) in [5.41, 5.74) is 6.54. The van der Waals surface area contributed by atoms with Crippen molar-refractivity contribution in [1.29, 1.82) is 0 Å². The molecule has 19 heavy (non-hydrogen) atoms. The first-order valence-electron chi connectivity index (χ1n) is 5.90. The standard InChI is InChI=1S/C15H13NO2S/c16-11-2-1-10-7-14(19-15(10)8-11)9-18-13-5-3-12(17)4-6-13/h1-8,17H,9,16H2. The van der Waals surface area contributed by atoms with E-state index >= 15 is 0 Å². The zero-order chi connectivity index (χ0) is 13.2. The van der Waals surface area contributed by atoms with E-state index < -0.39 is 0 Å². The maximum absolute atomic E-state index is 9.20. The number of thiophene rings is 1. The first-order chi connectivity index (χ1) is 9.20. The number of benzene rings is 2. The fraction of sp³-hybridized carbons (Fsp3) is 0.0667. The maximum Gasteiger partial charge on any atom is 0.122 e. The molecule has 0 aliphatic rings. The fourth-order valence-electron chi connectivity index (χ4n) is 1.87. The minimum atomic E-state index is 0.240. The Labute approximate surface area is 114 Å². The highest BCUT2D eigenvalue weighted by Gasteiger charge is 2.03. The van der Waals surface area contributed by atoms with Gasteiger partial charge in [-0.05, 0) is 47.9 Å². The number of nitrogen functional groups attached to an aromatic ring is 1. The summed E-state index contributed by atoms with van der Waals surface area (Å²) < 4.78 is 6.85. The monoisotopic (exact) mass is 271 g/mol. The largest absolute Gasteiger partial charge is 0.508 e. The van der Waals surface area contributed by atoms with Gasteiger partial charge in [-0.25, -0.2) is 0 Å². The van der Waals surface area contributed by atoms with Crippen LogP contribution in [0.15, 0.2) is 48.5 Å². The lowest BCUT2D eigenvalue weighted by Gasteiger charge is -2.03. The van der Waals surface area contributed by atoms with Crippen molar-refractivity contribution in [3.8, 4) is 11.5 Å². The number of ether oxygens (including phenoxy) is 1. The smallest absolute Gasteiger partial charge is 0.122 e. The van der Waals surface area contributed by atoms with Crippen LogP contribution < -0.4 is 10.5 Å². The number of aromatic hydroxyl groups is 1. The normalized spacial score (nSPS) is 10.7. The van der Waals surface area contributed by atoms with Gasteiger partial charge in [0.2, 0.25) is 0 Å². The van der Waals surface area contributed by atoms with E-state index in [1.165, 1.54) is 10.1 Å². The van der Waals surface area contributed by atoms with Crippen LogP contribution in [0.3, 0.4) is 0 Å². The van der Waals surface area contributed by atoms with Crippen LogP contribution in [0.2, 0.25) is 0 Å². The molecule has 0 bridgehead atoms. The van der Waals surface area contributed by atoms with Gasteiger partial charge in [0.15, 0.2) is 0 Å². The van der Waals surface area contributed by atoms with E-state index in [0.29, 0.717) is 6.61 Å². The second-order valence-corrected chi connectivity index (χ2v) is 5.46. The summed E-state index contributed by atoms with van der Waals surface area (Å²) in [7, 11) is 0. The van der Waals surface area contributed by atoms with Crippen LogP contribution in [0.4, 0.5) is 5.69 Å². The predicted molar refractivity (Wildman–Crippen MR) is 78.7 cm³/mol. The van der Waals surface area contributed by atoms with Crippen LogP contribution in [-0.2, 0) is 6.61 Å². The van der Waals surface area contributed by atoms with E-state index in [9.17, 15) is 5.11 Å². The number of hydrogen-bond donors (Lipinski definition) is 2. The number of phenols is 1. The molecule has 0 aliphatic carbocycles. The molecule has 0 fully saturated rings. The lowest BCUT2D eigenvalue weighted by atomic mass is 10.2. The molecule has 0 saturated heterocycles. The van der Waals surface area contributed by atoms with Crippen LogP contribution in [-0.4, -0.2) is 5.11 Å². The molecule has 0 radical (unpaired) electrons. The summed E-state index contributed by atoms with van der Waals surface area (Å²) in [6.45, 7) is 0.518. The molecule has 1 heterocycles. The first kappa shape index (κ1) is 11.9. The Morgan fingerprint density at radius 3 is 2.63 bits per heavy atom. The number of phenolic OH excluding ortho intramolecular Hbond substituents is 1. The lowest BCUT2D eigenvalue weighted by Crippen LogP contribution is -1.91. The van der Waals surface area contributed by atoms with Gasteiger partial charge in [-0.3, -0.25) is 0 Å². The summed E-state index contributed by atoms with van der Waals surface area (Å²) in [4.78, 5) is 1.15. The fourth-order valence-corrected chi connectivity index (χ4v) is 2.90. The highest BCUT2D eigenvalue weighted by Crippen LogP contribution is 2.28. The minimum absolute atomic E-state index is 0.240. The van der Waals surface area contributed by atoms with E-state index in [1.54, 1.807) is 35.6 Å². The zero-order valence-corrected chi connectivity index (χ0v) is 11.0. The van der Waals surface area contributed by atoms with Crippen LogP contribution in [0.25, 0.3) is 10.1 Å².